The standard InChI is InChI=1S/C10H14F2N2O3S/c1-6(2-3-15)14-18(16,17)10-5-9(13)7(11)4-8(10)12/h4-6,14-15H,2-3,13H2,1H3. The lowest BCUT2D eigenvalue weighted by molar-refractivity contribution is 0.275. The molecule has 1 atom stereocenters. The molecule has 0 radical (unpaired) electrons. The molecule has 8 heteroatoms. The van der Waals surface area contributed by atoms with Crippen LogP contribution in [0.4, 0.5) is 14.5 Å². The van der Waals surface area contributed by atoms with E-state index in [4.69, 9.17) is 10.8 Å². The molecule has 0 heterocycles. The minimum atomic E-state index is -4.13. The molecule has 0 aromatic heterocycles. The fraction of sp³-hybridized carbons (Fsp3) is 0.400. The SMILES string of the molecule is CC(CCO)NS(=O)(=O)c1cc(N)c(F)cc1F. The third-order valence-corrected chi connectivity index (χ3v) is 3.86. The van der Waals surface area contributed by atoms with Gasteiger partial charge in [0.1, 0.15) is 16.5 Å². The Balaban J connectivity index is 3.09. The lowest BCUT2D eigenvalue weighted by atomic mass is 10.3. The van der Waals surface area contributed by atoms with Gasteiger partial charge in [0.2, 0.25) is 10.0 Å². The molecule has 1 rings (SSSR count). The zero-order valence-corrected chi connectivity index (χ0v) is 10.5. The summed E-state index contributed by atoms with van der Waals surface area (Å²) in [5.74, 6) is -2.24. The predicted molar refractivity (Wildman–Crippen MR) is 62.3 cm³/mol. The van der Waals surface area contributed by atoms with Crippen LogP contribution in [0.2, 0.25) is 0 Å². The Morgan fingerprint density at radius 1 is 1.39 bits per heavy atom. The van der Waals surface area contributed by atoms with Crippen LogP contribution in [-0.2, 0) is 10.0 Å². The monoisotopic (exact) mass is 280 g/mol. The van der Waals surface area contributed by atoms with Crippen molar-refractivity contribution in [2.75, 3.05) is 12.3 Å². The van der Waals surface area contributed by atoms with Crippen molar-refractivity contribution in [1.82, 2.24) is 4.72 Å². The van der Waals surface area contributed by atoms with Gasteiger partial charge in [-0.15, -0.1) is 0 Å². The molecule has 0 aliphatic rings. The van der Waals surface area contributed by atoms with Crippen LogP contribution in [0.3, 0.4) is 0 Å². The first kappa shape index (κ1) is 14.8. The zero-order valence-electron chi connectivity index (χ0n) is 9.65. The first-order valence-electron chi connectivity index (χ1n) is 5.15. The molecule has 0 bridgehead atoms. The Bertz CT molecular complexity index is 534. The zero-order chi connectivity index (χ0) is 13.9. The van der Waals surface area contributed by atoms with Crippen LogP contribution < -0.4 is 10.5 Å². The van der Waals surface area contributed by atoms with Gasteiger partial charge < -0.3 is 10.8 Å². The van der Waals surface area contributed by atoms with E-state index in [1.54, 1.807) is 0 Å². The van der Waals surface area contributed by atoms with Crippen LogP contribution >= 0.6 is 0 Å². The van der Waals surface area contributed by atoms with Gasteiger partial charge in [-0.2, -0.15) is 0 Å². The molecule has 0 fully saturated rings. The van der Waals surface area contributed by atoms with Gasteiger partial charge in [0.25, 0.3) is 0 Å². The maximum absolute atomic E-state index is 13.4. The van der Waals surface area contributed by atoms with E-state index < -0.39 is 38.3 Å². The Hall–Kier alpha value is -1.25. The molecule has 0 saturated carbocycles. The summed E-state index contributed by atoms with van der Waals surface area (Å²) in [4.78, 5) is -0.716. The van der Waals surface area contributed by atoms with Crippen molar-refractivity contribution in [3.63, 3.8) is 0 Å². The van der Waals surface area contributed by atoms with Crippen molar-refractivity contribution in [3.8, 4) is 0 Å². The number of nitrogens with one attached hydrogen (secondary N) is 1. The van der Waals surface area contributed by atoms with Crippen LogP contribution in [0, 0.1) is 11.6 Å². The molecule has 1 unspecified atom stereocenters. The predicted octanol–water partition coefficient (Wildman–Crippen LogP) is 0.596. The van der Waals surface area contributed by atoms with Crippen LogP contribution in [0.15, 0.2) is 17.0 Å². The molecule has 102 valence electrons. The molecule has 0 aliphatic carbocycles. The van der Waals surface area contributed by atoms with Gasteiger partial charge >= 0.3 is 0 Å². The van der Waals surface area contributed by atoms with E-state index in [9.17, 15) is 17.2 Å². The Kier molecular flexibility index (Phi) is 4.60. The van der Waals surface area contributed by atoms with Crippen molar-refractivity contribution in [2.24, 2.45) is 0 Å². The Morgan fingerprint density at radius 3 is 2.56 bits per heavy atom. The second-order valence-corrected chi connectivity index (χ2v) is 5.52. The highest BCUT2D eigenvalue weighted by atomic mass is 32.2. The Morgan fingerprint density at radius 2 is 2.00 bits per heavy atom. The number of nitrogen functional groups attached to an aromatic ring is 1. The van der Waals surface area contributed by atoms with Crippen LogP contribution in [-0.4, -0.2) is 26.2 Å². The van der Waals surface area contributed by atoms with Crippen LogP contribution in [0.25, 0.3) is 0 Å². The highest BCUT2D eigenvalue weighted by molar-refractivity contribution is 7.89. The normalized spacial score (nSPS) is 13.6. The topological polar surface area (TPSA) is 92.4 Å². The highest BCUT2D eigenvalue weighted by Gasteiger charge is 2.22. The fourth-order valence-corrected chi connectivity index (χ4v) is 2.70. The van der Waals surface area contributed by atoms with Crippen molar-refractivity contribution in [1.29, 1.82) is 0 Å². The van der Waals surface area contributed by atoms with Crippen LogP contribution in [0.1, 0.15) is 13.3 Å². The van der Waals surface area contributed by atoms with E-state index >= 15 is 0 Å². The van der Waals surface area contributed by atoms with E-state index in [0.29, 0.717) is 6.07 Å². The Labute approximate surface area is 104 Å². The minimum absolute atomic E-state index is 0.178. The lowest BCUT2D eigenvalue weighted by Crippen LogP contribution is -2.33. The number of anilines is 1. The summed E-state index contributed by atoms with van der Waals surface area (Å²) in [7, 11) is -4.13. The molecule has 5 nitrogen and oxygen atoms in total. The number of hydrogen-bond donors (Lipinski definition) is 3. The molecule has 0 spiro atoms. The minimum Gasteiger partial charge on any atom is -0.396 e. The number of rotatable bonds is 5. The third kappa shape index (κ3) is 3.37. The average molecular weight is 280 g/mol. The molecule has 4 N–H and O–H groups in total. The number of sulfonamides is 1. The smallest absolute Gasteiger partial charge is 0.243 e. The molecular formula is C10H14F2N2O3S. The number of aliphatic hydroxyl groups is 1. The van der Waals surface area contributed by atoms with Crippen molar-refractivity contribution in [2.45, 2.75) is 24.3 Å². The van der Waals surface area contributed by atoms with E-state index in [2.05, 4.69) is 4.72 Å². The summed E-state index contributed by atoms with van der Waals surface area (Å²) in [6, 6.07) is 0.560. The summed E-state index contributed by atoms with van der Waals surface area (Å²) < 4.78 is 52.1. The quantitative estimate of drug-likeness (QED) is 0.688. The third-order valence-electron chi connectivity index (χ3n) is 2.26. The molecule has 1 aromatic rings. The molecule has 0 saturated heterocycles. The first-order valence-corrected chi connectivity index (χ1v) is 6.64. The van der Waals surface area contributed by atoms with E-state index in [-0.39, 0.29) is 13.0 Å². The van der Waals surface area contributed by atoms with Crippen molar-refractivity contribution < 1.29 is 22.3 Å². The lowest BCUT2D eigenvalue weighted by Gasteiger charge is -2.13. The molecule has 0 aliphatic heterocycles. The average Bonchev–Trinajstić information content (AvgIpc) is 2.22. The maximum Gasteiger partial charge on any atom is 0.243 e. The largest absolute Gasteiger partial charge is 0.396 e. The van der Waals surface area contributed by atoms with Gasteiger partial charge in [-0.3, -0.25) is 0 Å². The van der Waals surface area contributed by atoms with Gasteiger partial charge in [-0.05, 0) is 19.4 Å². The summed E-state index contributed by atoms with van der Waals surface area (Å²) >= 11 is 0. The number of nitrogens with two attached hydrogens (primary N) is 1. The van der Waals surface area contributed by atoms with Gasteiger partial charge in [0, 0.05) is 18.7 Å². The van der Waals surface area contributed by atoms with Gasteiger partial charge in [-0.25, -0.2) is 21.9 Å². The fourth-order valence-electron chi connectivity index (χ4n) is 1.33. The van der Waals surface area contributed by atoms with Gasteiger partial charge in [0.15, 0.2) is 0 Å². The van der Waals surface area contributed by atoms with Crippen LogP contribution in [0.5, 0.6) is 0 Å². The number of benzene rings is 1. The van der Waals surface area contributed by atoms with Crippen molar-refractivity contribution in [3.05, 3.63) is 23.8 Å². The number of aliphatic hydroxyl groups excluding tert-OH is 1. The molecule has 1 aromatic carbocycles. The van der Waals surface area contributed by atoms with E-state index in [1.807, 2.05) is 0 Å². The second kappa shape index (κ2) is 5.59. The molecule has 0 amide bonds. The summed E-state index contributed by atoms with van der Waals surface area (Å²) in [6.07, 6.45) is 0.178. The van der Waals surface area contributed by atoms with E-state index in [1.165, 1.54) is 6.92 Å². The molecule has 18 heavy (non-hydrogen) atoms. The summed E-state index contributed by atoms with van der Waals surface area (Å²) in [5.41, 5.74) is 4.75. The van der Waals surface area contributed by atoms with Gasteiger partial charge in [0.05, 0.1) is 5.69 Å². The highest BCUT2D eigenvalue weighted by Crippen LogP contribution is 2.21. The van der Waals surface area contributed by atoms with Gasteiger partial charge in [-0.1, -0.05) is 0 Å². The maximum atomic E-state index is 13.4. The second-order valence-electron chi connectivity index (χ2n) is 3.84. The van der Waals surface area contributed by atoms with Crippen molar-refractivity contribution >= 4 is 15.7 Å². The number of hydrogen-bond acceptors (Lipinski definition) is 4. The summed E-state index contributed by atoms with van der Waals surface area (Å²) in [6.45, 7) is 1.30. The first-order chi connectivity index (χ1) is 8.27. The molecular weight excluding hydrogens is 266 g/mol. The number of halogens is 2. The van der Waals surface area contributed by atoms with E-state index in [0.717, 1.165) is 6.07 Å². The summed E-state index contributed by atoms with van der Waals surface area (Å²) in [5, 5.41) is 8.66.